The van der Waals surface area contributed by atoms with E-state index in [1.165, 1.54) is 46.1 Å². The summed E-state index contributed by atoms with van der Waals surface area (Å²) < 4.78 is 33.5. The number of primary sulfonamides is 1. The zero-order chi connectivity index (χ0) is 24.6. The van der Waals surface area contributed by atoms with E-state index in [0.717, 1.165) is 0 Å². The van der Waals surface area contributed by atoms with Crippen LogP contribution in [-0.2, 0) is 70.9 Å². The summed E-state index contributed by atoms with van der Waals surface area (Å²) in [6.45, 7) is 4.27. The van der Waals surface area contributed by atoms with Crippen molar-refractivity contribution in [3.8, 4) is 0 Å². The third-order valence-electron chi connectivity index (χ3n) is 4.41. The van der Waals surface area contributed by atoms with Crippen LogP contribution < -0.4 is 10.0 Å². The predicted octanol–water partition coefficient (Wildman–Crippen LogP) is 0.0630. The van der Waals surface area contributed by atoms with Crippen LogP contribution in [-0.4, -0.2) is 49.7 Å². The first-order chi connectivity index (χ1) is 15.6. The van der Waals surface area contributed by atoms with E-state index < -0.39 is 22.0 Å². The number of sulfonamides is 1. The second kappa shape index (κ2) is 12.8. The molecule has 0 aliphatic carbocycles. The van der Waals surface area contributed by atoms with Gasteiger partial charge in [0, 0.05) is 50.9 Å². The fraction of sp³-hybridized carbons (Fsp3) is 0.211. The molecule has 4 N–H and O–H groups in total. The van der Waals surface area contributed by atoms with Gasteiger partial charge in [-0.2, -0.15) is 0 Å². The van der Waals surface area contributed by atoms with Gasteiger partial charge in [0.2, 0.25) is 10.0 Å². The number of hydrogen-bond donors (Lipinski definition) is 3. The van der Waals surface area contributed by atoms with Gasteiger partial charge in [0.05, 0.1) is 18.0 Å². The van der Waals surface area contributed by atoms with Crippen LogP contribution in [0.15, 0.2) is 53.9 Å². The van der Waals surface area contributed by atoms with Crippen molar-refractivity contribution in [1.29, 1.82) is 0 Å². The van der Waals surface area contributed by atoms with Gasteiger partial charge in [0.1, 0.15) is 24.7 Å². The maximum Gasteiger partial charge on any atom is 0 e. The Hall–Kier alpha value is -3.31. The normalized spacial score (nSPS) is 10.4. The number of benzene rings is 1. The average Bonchev–Trinajstić information content (AvgIpc) is 3.37. The van der Waals surface area contributed by atoms with E-state index in [4.69, 9.17) is 20.0 Å². The number of hydrogen-bond acceptors (Lipinski definition) is 7. The molecular weight excluding hydrogens is 643 g/mol. The first-order valence-electron chi connectivity index (χ1n) is 9.15. The Labute approximate surface area is 208 Å². The standard InChI is InChI=1S/C18H20N6O6S.CO.Re/c19-31(29,30)14-3-1-13(2-4-14)24(9-15-20-5-7-22(15)11-17(25)26)10-16-21-6-8-23(16)12-18(27)28;1-2;/h1-8H,9-12H2,(H,25,26)(H,27,28)(H2,19,29,30);;. The number of aliphatic carboxylic acids is 2. The number of carboxylic acids is 2. The Morgan fingerprint density at radius 1 is 0.941 bits per heavy atom. The van der Waals surface area contributed by atoms with Crippen LogP contribution in [0.3, 0.4) is 0 Å². The van der Waals surface area contributed by atoms with Crippen LogP contribution in [0.1, 0.15) is 11.6 Å². The number of carboxylic acid groups (broad SMARTS) is 2. The van der Waals surface area contributed by atoms with Crippen molar-refractivity contribution < 1.29 is 53.3 Å². The minimum Gasteiger partial charge on any atom is 0 e. The second-order valence-corrected chi connectivity index (χ2v) is 8.19. The first kappa shape index (κ1) is 28.7. The van der Waals surface area contributed by atoms with Crippen molar-refractivity contribution >= 4 is 27.6 Å². The van der Waals surface area contributed by atoms with Gasteiger partial charge in [-0.05, 0) is 24.3 Å². The molecule has 3 rings (SSSR count). The van der Waals surface area contributed by atoms with Crippen molar-refractivity contribution in [1.82, 2.24) is 19.1 Å². The van der Waals surface area contributed by atoms with Gasteiger partial charge in [-0.15, -0.1) is 0 Å². The average molecular weight is 663 g/mol. The zero-order valence-corrected chi connectivity index (χ0v) is 21.0. The Kier molecular flexibility index (Phi) is 10.8. The fourth-order valence-corrected chi connectivity index (χ4v) is 3.50. The zero-order valence-electron chi connectivity index (χ0n) is 17.5. The van der Waals surface area contributed by atoms with Gasteiger partial charge in [-0.3, -0.25) is 9.59 Å². The van der Waals surface area contributed by atoms with Crippen molar-refractivity contribution in [3.63, 3.8) is 0 Å². The summed E-state index contributed by atoms with van der Waals surface area (Å²) in [7, 11) is -3.87. The molecule has 1 aromatic carbocycles. The number of anilines is 1. The number of nitrogens with zero attached hydrogens (tertiary/aromatic N) is 5. The van der Waals surface area contributed by atoms with Crippen molar-refractivity contribution in [2.75, 3.05) is 4.90 Å². The molecule has 0 unspecified atom stereocenters. The van der Waals surface area contributed by atoms with Gasteiger partial charge in [-0.25, -0.2) is 23.5 Å². The third-order valence-corrected chi connectivity index (χ3v) is 5.34. The van der Waals surface area contributed by atoms with Crippen LogP contribution in [0.2, 0.25) is 0 Å². The molecular formula is C19H20N6O7ReS. The molecule has 0 bridgehead atoms. The molecule has 3 aromatic rings. The van der Waals surface area contributed by atoms with Gasteiger partial charge < -0.3 is 24.2 Å². The summed E-state index contributed by atoms with van der Waals surface area (Å²) in [5, 5.41) is 23.3. The van der Waals surface area contributed by atoms with Gasteiger partial charge in [0.15, 0.2) is 0 Å². The molecule has 1 radical (unpaired) electrons. The number of aromatic nitrogens is 4. The largest absolute Gasteiger partial charge is 0 e. The Bertz CT molecular complexity index is 1180. The number of carbonyl (C=O) groups is 2. The molecule has 0 aliphatic heterocycles. The van der Waals surface area contributed by atoms with E-state index in [1.807, 2.05) is 0 Å². The van der Waals surface area contributed by atoms with Crippen LogP contribution in [0.5, 0.6) is 0 Å². The number of nitrogens with two attached hydrogens (primary N) is 1. The van der Waals surface area contributed by atoms with Crippen LogP contribution >= 0.6 is 0 Å². The van der Waals surface area contributed by atoms with E-state index in [9.17, 15) is 18.0 Å². The van der Waals surface area contributed by atoms with E-state index >= 15 is 0 Å². The minimum atomic E-state index is -3.87. The Morgan fingerprint density at radius 2 is 1.35 bits per heavy atom. The summed E-state index contributed by atoms with van der Waals surface area (Å²) in [6.07, 6.45) is 6.03. The summed E-state index contributed by atoms with van der Waals surface area (Å²) in [5.74, 6) is -1.15. The van der Waals surface area contributed by atoms with Gasteiger partial charge in [0.25, 0.3) is 0 Å². The predicted molar refractivity (Wildman–Crippen MR) is 111 cm³/mol. The van der Waals surface area contributed by atoms with Gasteiger partial charge in [-0.1, -0.05) is 0 Å². The van der Waals surface area contributed by atoms with Crippen LogP contribution in [0.4, 0.5) is 5.69 Å². The molecule has 15 heteroatoms. The van der Waals surface area contributed by atoms with E-state index in [1.54, 1.807) is 17.0 Å². The molecule has 0 atom stereocenters. The molecule has 181 valence electrons. The van der Waals surface area contributed by atoms with Crippen molar-refractivity contribution in [3.05, 3.63) is 67.4 Å². The van der Waals surface area contributed by atoms with E-state index in [-0.39, 0.29) is 51.5 Å². The van der Waals surface area contributed by atoms with Crippen molar-refractivity contribution in [2.24, 2.45) is 5.14 Å². The molecule has 13 nitrogen and oxygen atoms in total. The molecule has 0 aliphatic rings. The maximum absolute atomic E-state index is 11.5. The molecule has 2 aromatic heterocycles. The quantitative estimate of drug-likeness (QED) is 0.199. The second-order valence-electron chi connectivity index (χ2n) is 6.63. The Morgan fingerprint density at radius 3 is 1.71 bits per heavy atom. The summed E-state index contributed by atoms with van der Waals surface area (Å²) in [4.78, 5) is 32.4. The van der Waals surface area contributed by atoms with Crippen LogP contribution in [0.25, 0.3) is 0 Å². The molecule has 0 saturated heterocycles. The third kappa shape index (κ3) is 7.92. The fourth-order valence-electron chi connectivity index (χ4n) is 2.99. The monoisotopic (exact) mass is 663 g/mol. The molecule has 0 spiro atoms. The smallest absolute Gasteiger partial charge is 0 e. The number of rotatable bonds is 10. The van der Waals surface area contributed by atoms with Crippen molar-refractivity contribution in [2.45, 2.75) is 31.1 Å². The molecule has 2 heterocycles. The SMILES string of the molecule is NS(=O)(=O)c1ccc(N(Cc2nccn2CC(=O)O)Cc2nccn2CC(=O)O)cc1.[C-]#[O+].[Re]. The molecule has 0 saturated carbocycles. The maximum atomic E-state index is 11.5. The van der Waals surface area contributed by atoms with E-state index in [2.05, 4.69) is 16.6 Å². The molecule has 0 fully saturated rings. The Balaban J connectivity index is 0.00000188. The molecule has 0 amide bonds. The van der Waals surface area contributed by atoms with Gasteiger partial charge >= 0.3 is 23.2 Å². The number of imidazole rings is 2. The topological polar surface area (TPSA) is 194 Å². The minimum absolute atomic E-state index is 0. The summed E-state index contributed by atoms with van der Waals surface area (Å²) >= 11 is 0. The van der Waals surface area contributed by atoms with Crippen LogP contribution in [0, 0.1) is 6.65 Å². The summed E-state index contributed by atoms with van der Waals surface area (Å²) in [6, 6.07) is 5.81. The molecule has 34 heavy (non-hydrogen) atoms. The van der Waals surface area contributed by atoms with E-state index in [0.29, 0.717) is 17.3 Å². The summed E-state index contributed by atoms with van der Waals surface area (Å²) in [5.41, 5.74) is 0.585. The first-order valence-corrected chi connectivity index (χ1v) is 10.7.